The molecule has 2 aromatic carbocycles. The molecule has 0 N–H and O–H groups in total. The number of nitrogens with zero attached hydrogens (tertiary/aromatic N) is 3. The van der Waals surface area contributed by atoms with Crippen molar-refractivity contribution in [2.45, 2.75) is 45.7 Å². The number of amides is 1. The van der Waals surface area contributed by atoms with Crippen LogP contribution in [0.2, 0.25) is 0 Å². The molecule has 0 bridgehead atoms. The van der Waals surface area contributed by atoms with Crippen LogP contribution >= 0.6 is 0 Å². The molecule has 1 aliphatic rings. The molecule has 0 aliphatic carbocycles. The second-order valence-electron chi connectivity index (χ2n) is 7.50. The van der Waals surface area contributed by atoms with Crippen LogP contribution < -0.4 is 4.74 Å². The van der Waals surface area contributed by atoms with Crippen molar-refractivity contribution in [3.8, 4) is 5.75 Å². The summed E-state index contributed by atoms with van der Waals surface area (Å²) in [6.45, 7) is 6.02. The third-order valence-electron chi connectivity index (χ3n) is 5.46. The van der Waals surface area contributed by atoms with Crippen LogP contribution in [0.25, 0.3) is 11.0 Å². The van der Waals surface area contributed by atoms with Crippen LogP contribution in [0.15, 0.2) is 48.5 Å². The van der Waals surface area contributed by atoms with Crippen molar-refractivity contribution < 1.29 is 9.53 Å². The molecule has 146 valence electrons. The molecule has 1 atom stereocenters. The van der Waals surface area contributed by atoms with E-state index in [0.717, 1.165) is 55.0 Å². The fourth-order valence-electron chi connectivity index (χ4n) is 4.04. The maximum atomic E-state index is 12.1. The molecule has 1 aromatic heterocycles. The van der Waals surface area contributed by atoms with Crippen LogP contribution in [0.4, 0.5) is 0 Å². The summed E-state index contributed by atoms with van der Waals surface area (Å²) >= 11 is 0. The van der Waals surface area contributed by atoms with Gasteiger partial charge < -0.3 is 14.2 Å². The summed E-state index contributed by atoms with van der Waals surface area (Å²) in [4.78, 5) is 18.9. The minimum atomic E-state index is 0.0721. The largest absolute Gasteiger partial charge is 0.494 e. The molecule has 1 fully saturated rings. The van der Waals surface area contributed by atoms with Gasteiger partial charge in [0.25, 0.3) is 0 Å². The van der Waals surface area contributed by atoms with Crippen LogP contribution in [-0.4, -0.2) is 33.5 Å². The summed E-state index contributed by atoms with van der Waals surface area (Å²) in [6, 6.07) is 16.4. The zero-order valence-electron chi connectivity index (χ0n) is 16.6. The predicted octanol–water partition coefficient (Wildman–Crippen LogP) is 4.50. The highest BCUT2D eigenvalue weighted by atomic mass is 16.5. The first-order valence-electron chi connectivity index (χ1n) is 10.1. The maximum Gasteiger partial charge on any atom is 0.220 e. The minimum absolute atomic E-state index is 0.0721. The van der Waals surface area contributed by atoms with Crippen LogP contribution in [0.1, 0.15) is 43.6 Å². The minimum Gasteiger partial charge on any atom is -0.494 e. The van der Waals surface area contributed by atoms with Gasteiger partial charge in [0.2, 0.25) is 5.91 Å². The molecule has 2 heterocycles. The number of benzene rings is 2. The van der Waals surface area contributed by atoms with Gasteiger partial charge >= 0.3 is 0 Å². The number of hydrogen-bond acceptors (Lipinski definition) is 3. The number of likely N-dealkylation sites (tertiary alicyclic amines) is 1. The zero-order chi connectivity index (χ0) is 19.5. The Balaban J connectivity index is 1.52. The summed E-state index contributed by atoms with van der Waals surface area (Å²) < 4.78 is 8.18. The molecule has 28 heavy (non-hydrogen) atoms. The highest BCUT2D eigenvalue weighted by Gasteiger charge is 2.31. The van der Waals surface area contributed by atoms with Gasteiger partial charge in [0.15, 0.2) is 0 Å². The lowest BCUT2D eigenvalue weighted by atomic mass is 10.2. The standard InChI is InChI=1S/C23H27N3O2/c1-17-10-12-19(13-11-17)28-16-6-15-26-21-8-4-3-7-20(21)24-23(26)22-9-5-14-25(22)18(2)27/h3-4,7-8,10-13,22H,5-6,9,14-16H2,1-2H3. The normalized spacial score (nSPS) is 16.6. The Hall–Kier alpha value is -2.82. The Morgan fingerprint density at radius 2 is 1.96 bits per heavy atom. The van der Waals surface area contributed by atoms with Crippen molar-refractivity contribution in [2.24, 2.45) is 0 Å². The van der Waals surface area contributed by atoms with Crippen molar-refractivity contribution in [2.75, 3.05) is 13.2 Å². The van der Waals surface area contributed by atoms with Crippen molar-refractivity contribution >= 4 is 16.9 Å². The van der Waals surface area contributed by atoms with E-state index in [4.69, 9.17) is 9.72 Å². The second-order valence-corrected chi connectivity index (χ2v) is 7.50. The van der Waals surface area contributed by atoms with Gasteiger partial charge in [0, 0.05) is 20.0 Å². The summed E-state index contributed by atoms with van der Waals surface area (Å²) in [6.07, 6.45) is 2.89. The number of aryl methyl sites for hydroxylation is 2. The average Bonchev–Trinajstić information content (AvgIpc) is 3.31. The first kappa shape index (κ1) is 18.5. The third-order valence-corrected chi connectivity index (χ3v) is 5.46. The number of imidazole rings is 1. The van der Waals surface area contributed by atoms with Crippen LogP contribution in [0.5, 0.6) is 5.75 Å². The number of ether oxygens (including phenoxy) is 1. The smallest absolute Gasteiger partial charge is 0.220 e. The summed E-state index contributed by atoms with van der Waals surface area (Å²) in [5.41, 5.74) is 3.35. The highest BCUT2D eigenvalue weighted by Crippen LogP contribution is 2.33. The van der Waals surface area contributed by atoms with Gasteiger partial charge in [-0.15, -0.1) is 0 Å². The van der Waals surface area contributed by atoms with Gasteiger partial charge in [-0.05, 0) is 50.5 Å². The Labute approximate surface area is 165 Å². The molecule has 0 spiro atoms. The molecule has 0 radical (unpaired) electrons. The highest BCUT2D eigenvalue weighted by molar-refractivity contribution is 5.77. The van der Waals surface area contributed by atoms with Gasteiger partial charge in [-0.25, -0.2) is 4.98 Å². The van der Waals surface area contributed by atoms with E-state index in [9.17, 15) is 4.79 Å². The SMILES string of the molecule is CC(=O)N1CCCC1c1nc2ccccc2n1CCCOc1ccc(C)cc1. The summed E-state index contributed by atoms with van der Waals surface area (Å²) in [7, 11) is 0. The van der Waals surface area contributed by atoms with Crippen molar-refractivity contribution in [3.05, 3.63) is 59.9 Å². The van der Waals surface area contributed by atoms with Crippen molar-refractivity contribution in [3.63, 3.8) is 0 Å². The van der Waals surface area contributed by atoms with E-state index in [1.54, 1.807) is 6.92 Å². The predicted molar refractivity (Wildman–Crippen MR) is 110 cm³/mol. The van der Waals surface area contributed by atoms with Gasteiger partial charge in [0.1, 0.15) is 11.6 Å². The number of fused-ring (bicyclic) bond motifs is 1. The van der Waals surface area contributed by atoms with Gasteiger partial charge in [-0.2, -0.15) is 0 Å². The second kappa shape index (κ2) is 8.05. The van der Waals surface area contributed by atoms with E-state index in [2.05, 4.69) is 29.7 Å². The quantitative estimate of drug-likeness (QED) is 0.594. The van der Waals surface area contributed by atoms with Crippen LogP contribution in [-0.2, 0) is 11.3 Å². The lowest BCUT2D eigenvalue weighted by molar-refractivity contribution is -0.129. The lowest BCUT2D eigenvalue weighted by Crippen LogP contribution is -2.30. The zero-order valence-corrected chi connectivity index (χ0v) is 16.6. The molecule has 3 aromatic rings. The summed E-state index contributed by atoms with van der Waals surface area (Å²) in [5, 5.41) is 0. The van der Waals surface area contributed by atoms with Gasteiger partial charge in [-0.1, -0.05) is 29.8 Å². The van der Waals surface area contributed by atoms with E-state index >= 15 is 0 Å². The number of carbonyl (C=O) groups is 1. The Kier molecular flexibility index (Phi) is 5.33. The van der Waals surface area contributed by atoms with Gasteiger partial charge in [-0.3, -0.25) is 4.79 Å². The van der Waals surface area contributed by atoms with Crippen LogP contribution in [0, 0.1) is 6.92 Å². The summed E-state index contributed by atoms with van der Waals surface area (Å²) in [5.74, 6) is 2.04. The van der Waals surface area contributed by atoms with Crippen molar-refractivity contribution in [1.29, 1.82) is 0 Å². The Morgan fingerprint density at radius 3 is 2.75 bits per heavy atom. The number of rotatable bonds is 6. The molecular weight excluding hydrogens is 350 g/mol. The Bertz CT molecular complexity index is 962. The van der Waals surface area contributed by atoms with Crippen molar-refractivity contribution in [1.82, 2.24) is 14.5 Å². The van der Waals surface area contributed by atoms with E-state index in [1.807, 2.05) is 35.2 Å². The molecule has 1 aliphatic heterocycles. The molecule has 1 amide bonds. The maximum absolute atomic E-state index is 12.1. The molecular formula is C23H27N3O2. The van der Waals surface area contributed by atoms with Crippen LogP contribution in [0.3, 0.4) is 0 Å². The monoisotopic (exact) mass is 377 g/mol. The number of aromatic nitrogens is 2. The molecule has 0 saturated carbocycles. The first-order valence-corrected chi connectivity index (χ1v) is 10.1. The fraction of sp³-hybridized carbons (Fsp3) is 0.391. The Morgan fingerprint density at radius 1 is 1.18 bits per heavy atom. The number of para-hydroxylation sites is 2. The third kappa shape index (κ3) is 3.75. The number of hydrogen-bond donors (Lipinski definition) is 0. The molecule has 5 nitrogen and oxygen atoms in total. The fourth-order valence-corrected chi connectivity index (χ4v) is 4.04. The first-order chi connectivity index (χ1) is 13.6. The van der Waals surface area contributed by atoms with E-state index in [1.165, 1.54) is 5.56 Å². The topological polar surface area (TPSA) is 47.4 Å². The van der Waals surface area contributed by atoms with E-state index in [-0.39, 0.29) is 11.9 Å². The number of carbonyl (C=O) groups excluding carboxylic acids is 1. The average molecular weight is 377 g/mol. The molecule has 1 saturated heterocycles. The molecule has 1 unspecified atom stereocenters. The lowest BCUT2D eigenvalue weighted by Gasteiger charge is -2.24. The van der Waals surface area contributed by atoms with E-state index in [0.29, 0.717) is 6.61 Å². The van der Waals surface area contributed by atoms with E-state index < -0.39 is 0 Å². The molecule has 5 heteroatoms. The van der Waals surface area contributed by atoms with Gasteiger partial charge in [0.05, 0.1) is 23.7 Å². The molecule has 4 rings (SSSR count).